The van der Waals surface area contributed by atoms with Crippen molar-refractivity contribution in [3.05, 3.63) is 154 Å². The van der Waals surface area contributed by atoms with E-state index in [4.69, 9.17) is 10.6 Å². The number of thioether (sulfide) groups is 2. The lowest BCUT2D eigenvalue weighted by Crippen LogP contribution is -2.71. The summed E-state index contributed by atoms with van der Waals surface area (Å²) in [5.74, 6) is -1.80. The summed E-state index contributed by atoms with van der Waals surface area (Å²) in [6, 6.07) is 27.6. The molecule has 12 nitrogen and oxygen atoms in total. The van der Waals surface area contributed by atoms with E-state index >= 15 is 0 Å². The average Bonchev–Trinajstić information content (AvgIpc) is 3.61. The van der Waals surface area contributed by atoms with E-state index in [1.54, 1.807) is 24.0 Å². The molecule has 2 atom stereocenters. The summed E-state index contributed by atoms with van der Waals surface area (Å²) in [5, 5.41) is 18.6. The summed E-state index contributed by atoms with van der Waals surface area (Å²) >= 11 is 3.78. The Labute approximate surface area is 304 Å². The lowest BCUT2D eigenvalue weighted by Gasteiger charge is -2.49. The topological polar surface area (TPSA) is 173 Å². The van der Waals surface area contributed by atoms with Gasteiger partial charge in [-0.25, -0.2) is 9.78 Å². The van der Waals surface area contributed by atoms with Gasteiger partial charge in [0.05, 0.1) is 5.69 Å². The minimum Gasteiger partial charge on any atom is -0.477 e. The van der Waals surface area contributed by atoms with Gasteiger partial charge in [0.1, 0.15) is 22.8 Å². The minimum absolute atomic E-state index is 0.106. The van der Waals surface area contributed by atoms with Crippen LogP contribution in [0.3, 0.4) is 0 Å². The second-order valence-corrected chi connectivity index (χ2v) is 14.4. The van der Waals surface area contributed by atoms with Crippen molar-refractivity contribution in [3.8, 4) is 0 Å². The van der Waals surface area contributed by atoms with Gasteiger partial charge in [0.2, 0.25) is 5.60 Å². The van der Waals surface area contributed by atoms with Crippen LogP contribution in [0.15, 0.2) is 131 Å². The van der Waals surface area contributed by atoms with E-state index in [0.717, 1.165) is 28.0 Å². The number of amides is 2. The molecule has 256 valence electrons. The van der Waals surface area contributed by atoms with Crippen LogP contribution < -0.4 is 11.1 Å². The van der Waals surface area contributed by atoms with Gasteiger partial charge in [-0.15, -0.1) is 34.9 Å². The molecule has 51 heavy (non-hydrogen) atoms. The molecule has 2 aromatic heterocycles. The predicted octanol–water partition coefficient (Wildman–Crippen LogP) is 4.86. The molecule has 5 aromatic rings. The Kier molecular flexibility index (Phi) is 9.83. The van der Waals surface area contributed by atoms with Gasteiger partial charge in [0, 0.05) is 57.1 Å². The van der Waals surface area contributed by atoms with Gasteiger partial charge < -0.3 is 21.0 Å². The van der Waals surface area contributed by atoms with E-state index in [1.807, 2.05) is 91.0 Å². The number of carboxylic acid groups (broad SMARTS) is 1. The summed E-state index contributed by atoms with van der Waals surface area (Å²) in [7, 11) is 0. The number of nitrogens with zero attached hydrogens (tertiary/aromatic N) is 5. The van der Waals surface area contributed by atoms with Crippen molar-refractivity contribution in [1.29, 1.82) is 0 Å². The van der Waals surface area contributed by atoms with Crippen molar-refractivity contribution >= 4 is 63.5 Å². The lowest BCUT2D eigenvalue weighted by atomic mass is 9.80. The molecule has 0 radical (unpaired) electrons. The first kappa shape index (κ1) is 34.0. The third-order valence-corrected chi connectivity index (χ3v) is 11.5. The zero-order chi connectivity index (χ0) is 35.4. The van der Waals surface area contributed by atoms with Gasteiger partial charge in [-0.2, -0.15) is 0 Å². The van der Waals surface area contributed by atoms with Crippen molar-refractivity contribution in [3.63, 3.8) is 0 Å². The number of benzene rings is 3. The molecule has 0 spiro atoms. The molecule has 2 aliphatic rings. The maximum absolute atomic E-state index is 14.1. The fourth-order valence-electron chi connectivity index (χ4n) is 5.87. The van der Waals surface area contributed by atoms with Crippen LogP contribution in [0.4, 0.5) is 5.13 Å². The summed E-state index contributed by atoms with van der Waals surface area (Å²) in [4.78, 5) is 61.1. The minimum atomic E-state index is -1.29. The van der Waals surface area contributed by atoms with Gasteiger partial charge in [-0.3, -0.25) is 24.5 Å². The van der Waals surface area contributed by atoms with Gasteiger partial charge in [0.15, 0.2) is 10.8 Å². The first-order valence-corrected chi connectivity index (χ1v) is 18.5. The highest BCUT2D eigenvalue weighted by Gasteiger charge is 2.54. The monoisotopic (exact) mass is 735 g/mol. The number of rotatable bonds is 12. The first-order chi connectivity index (χ1) is 24.9. The van der Waals surface area contributed by atoms with E-state index in [9.17, 15) is 19.5 Å². The van der Waals surface area contributed by atoms with Crippen molar-refractivity contribution in [2.45, 2.75) is 22.8 Å². The van der Waals surface area contributed by atoms with Crippen molar-refractivity contribution < 1.29 is 24.3 Å². The first-order valence-electron chi connectivity index (χ1n) is 15.6. The molecule has 15 heteroatoms. The van der Waals surface area contributed by atoms with Crippen LogP contribution in [0.25, 0.3) is 0 Å². The summed E-state index contributed by atoms with van der Waals surface area (Å²) < 4.78 is 0. The Morgan fingerprint density at radius 2 is 1.63 bits per heavy atom. The van der Waals surface area contributed by atoms with Gasteiger partial charge >= 0.3 is 5.97 Å². The van der Waals surface area contributed by atoms with Gasteiger partial charge in [-0.1, -0.05) is 96.2 Å². The van der Waals surface area contributed by atoms with Crippen molar-refractivity contribution in [1.82, 2.24) is 25.2 Å². The Bertz CT molecular complexity index is 2020. The van der Waals surface area contributed by atoms with Crippen LogP contribution in [0, 0.1) is 0 Å². The van der Waals surface area contributed by atoms with Crippen LogP contribution >= 0.6 is 34.9 Å². The molecule has 0 saturated carbocycles. The standard InChI is InChI=1S/C36H29N7O5S3/c37-35-40-26(20-51-35)28(42-48-36(22-10-4-1-5-11-22,23-12-6-2-7-13-23)24-14-8-3-9-15-24)31(44)41-29-32(45)43-30(34(46)47)27(21-50-33(29)43)49-19-25-18-38-16-17-39-25/h1-18,20,29,33H,19,21H2,(H2,37,40)(H,41,44)(H,46,47)/b42-28-/t29-,33+/m1/s1. The number of fused-ring (bicyclic) bond motifs is 1. The van der Waals surface area contributed by atoms with Crippen LogP contribution in [-0.4, -0.2) is 65.6 Å². The smallest absolute Gasteiger partial charge is 0.353 e. The average molecular weight is 736 g/mol. The summed E-state index contributed by atoms with van der Waals surface area (Å²) in [6.45, 7) is 0. The highest BCUT2D eigenvalue weighted by atomic mass is 32.2. The predicted molar refractivity (Wildman–Crippen MR) is 196 cm³/mol. The highest BCUT2D eigenvalue weighted by molar-refractivity contribution is 8.05. The number of thiazole rings is 1. The fourth-order valence-corrected chi connectivity index (χ4v) is 8.94. The number of hydrogen-bond donors (Lipinski definition) is 3. The number of β-lactam (4-membered cyclic amide) rings is 1. The number of aromatic nitrogens is 3. The molecule has 2 aliphatic heterocycles. The molecule has 1 fully saturated rings. The number of nitrogens with one attached hydrogen (secondary N) is 1. The second-order valence-electron chi connectivity index (χ2n) is 11.3. The van der Waals surface area contributed by atoms with E-state index in [0.29, 0.717) is 22.1 Å². The fraction of sp³-hybridized carbons (Fsp3) is 0.139. The number of nitrogens with two attached hydrogens (primary N) is 1. The number of nitrogen functional groups attached to an aromatic ring is 1. The Morgan fingerprint density at radius 1 is 1.00 bits per heavy atom. The maximum atomic E-state index is 14.1. The zero-order valence-electron chi connectivity index (χ0n) is 26.7. The molecule has 4 heterocycles. The number of anilines is 1. The van der Waals surface area contributed by atoms with E-state index in [1.165, 1.54) is 28.4 Å². The Morgan fingerprint density at radius 3 is 2.16 bits per heavy atom. The maximum Gasteiger partial charge on any atom is 0.353 e. The molecule has 7 rings (SSSR count). The summed E-state index contributed by atoms with van der Waals surface area (Å²) in [5.41, 5.74) is 7.50. The van der Waals surface area contributed by atoms with Gasteiger partial charge in [-0.05, 0) is 0 Å². The summed E-state index contributed by atoms with van der Waals surface area (Å²) in [6.07, 6.45) is 4.73. The number of carboxylic acids is 1. The third kappa shape index (κ3) is 6.70. The van der Waals surface area contributed by atoms with E-state index in [2.05, 4.69) is 25.4 Å². The quantitative estimate of drug-likeness (QED) is 0.0692. The number of carbonyl (C=O) groups excluding carboxylic acids is 2. The molecular weight excluding hydrogens is 707 g/mol. The third-order valence-electron chi connectivity index (χ3n) is 8.23. The van der Waals surface area contributed by atoms with Crippen molar-refractivity contribution in [2.24, 2.45) is 5.16 Å². The largest absolute Gasteiger partial charge is 0.477 e. The zero-order valence-corrected chi connectivity index (χ0v) is 29.1. The van der Waals surface area contributed by atoms with Crippen LogP contribution in [0.1, 0.15) is 28.1 Å². The molecule has 0 bridgehead atoms. The number of oxime groups is 1. The number of aliphatic carboxylic acids is 1. The molecule has 4 N–H and O–H groups in total. The molecular formula is C36H29N7O5S3. The molecule has 2 amide bonds. The lowest BCUT2D eigenvalue weighted by molar-refractivity contribution is -0.150. The van der Waals surface area contributed by atoms with Crippen LogP contribution in [0.2, 0.25) is 0 Å². The Balaban J connectivity index is 1.21. The molecule has 3 aromatic carbocycles. The number of carbonyl (C=O) groups is 3. The molecule has 0 unspecified atom stereocenters. The Hall–Kier alpha value is -5.51. The SMILES string of the molecule is Nc1nc(/C(=N/OC(c2ccccc2)(c2ccccc2)c2ccccc2)C(=O)N[C@@H]2C(=O)N3C(C(=O)O)=C(SCc4cnccn4)CS[C@@H]23)cs1. The van der Waals surface area contributed by atoms with E-state index in [-0.39, 0.29) is 22.2 Å². The van der Waals surface area contributed by atoms with Crippen molar-refractivity contribution in [2.75, 3.05) is 11.5 Å². The molecule has 0 aliphatic carbocycles. The number of hydrogen-bond acceptors (Lipinski definition) is 12. The normalized spacial score (nSPS) is 17.4. The van der Waals surface area contributed by atoms with E-state index < -0.39 is 34.8 Å². The highest BCUT2D eigenvalue weighted by Crippen LogP contribution is 2.44. The van der Waals surface area contributed by atoms with Gasteiger partial charge in [0.25, 0.3) is 11.8 Å². The molecule has 1 saturated heterocycles. The second kappa shape index (κ2) is 14.8. The van der Waals surface area contributed by atoms with Crippen LogP contribution in [-0.2, 0) is 30.6 Å². The van der Waals surface area contributed by atoms with Crippen LogP contribution in [0.5, 0.6) is 0 Å².